The molecule has 0 saturated heterocycles. The van der Waals surface area contributed by atoms with Gasteiger partial charge >= 0.3 is 6.98 Å². The first kappa shape index (κ1) is 10.6. The zero-order valence-corrected chi connectivity index (χ0v) is 7.43. The van der Waals surface area contributed by atoms with E-state index in [1.54, 1.807) is 0 Å². The van der Waals surface area contributed by atoms with Crippen LogP contribution in [-0.2, 0) is 0 Å². The highest BCUT2D eigenvalue weighted by atomic mass is 19.4. The predicted molar refractivity (Wildman–Crippen MR) is 48.4 cm³/mol. The van der Waals surface area contributed by atoms with E-state index < -0.39 is 18.3 Å². The van der Waals surface area contributed by atoms with Crippen molar-refractivity contribution in [1.29, 1.82) is 0 Å². The summed E-state index contributed by atoms with van der Waals surface area (Å²) in [5.74, 6) is -0.855. The van der Waals surface area contributed by atoms with E-state index in [0.29, 0.717) is 0 Å². The Kier molecular flexibility index (Phi) is 2.55. The highest BCUT2D eigenvalue weighted by molar-refractivity contribution is 6.74. The number of nitrogens with two attached hydrogens (primary N) is 1. The topological polar surface area (TPSA) is 43.1 Å². The molecule has 0 radical (unpaired) electrons. The molecule has 0 bridgehead atoms. The third kappa shape index (κ3) is 2.07. The number of halogens is 3. The molecule has 14 heavy (non-hydrogen) atoms. The number of benzene rings is 1. The average molecular weight is 202 g/mol. The number of aryl methyl sites for hydroxylation is 1. The Morgan fingerprint density at radius 1 is 1.36 bits per heavy atom. The lowest BCUT2D eigenvalue weighted by Gasteiger charge is -2.18. The fourth-order valence-electron chi connectivity index (χ4n) is 1.15. The maximum absolute atomic E-state index is 12.4. The second-order valence-corrected chi connectivity index (χ2v) is 3.01. The van der Waals surface area contributed by atoms with Crippen LogP contribution in [0.15, 0.2) is 18.2 Å². The smallest absolute Gasteiger partial charge is 0.445 e. The number of hydrogen-bond donors (Lipinski definition) is 1. The van der Waals surface area contributed by atoms with Crippen molar-refractivity contribution >= 4 is 18.3 Å². The highest BCUT2D eigenvalue weighted by Gasteiger charge is 2.27. The Morgan fingerprint density at radius 2 is 1.93 bits per heavy atom. The summed E-state index contributed by atoms with van der Waals surface area (Å²) in [6, 6.07) is 3.31. The standard InChI is InChI=1S/C8H8BF3NO/c1-5-2-3-6(8(13)14)4-7(5)9(10,11)12/h2-4H,1H3,(H2,13,14)/q-1. The number of hydrogen-bond acceptors (Lipinski definition) is 1. The van der Waals surface area contributed by atoms with Crippen molar-refractivity contribution < 1.29 is 17.7 Å². The van der Waals surface area contributed by atoms with Crippen molar-refractivity contribution in [2.45, 2.75) is 6.92 Å². The van der Waals surface area contributed by atoms with Crippen LogP contribution in [0.5, 0.6) is 0 Å². The van der Waals surface area contributed by atoms with Crippen molar-refractivity contribution in [3.63, 3.8) is 0 Å². The van der Waals surface area contributed by atoms with Gasteiger partial charge in [0.2, 0.25) is 5.91 Å². The molecule has 0 heterocycles. The van der Waals surface area contributed by atoms with Crippen molar-refractivity contribution in [3.8, 4) is 0 Å². The Bertz CT molecular complexity index is 375. The fraction of sp³-hybridized carbons (Fsp3) is 0.125. The molecule has 0 aliphatic carbocycles. The molecule has 0 aliphatic heterocycles. The lowest BCUT2D eigenvalue weighted by molar-refractivity contribution is 0.100. The van der Waals surface area contributed by atoms with E-state index in [1.807, 2.05) is 0 Å². The SMILES string of the molecule is Cc1ccc(C(N)=O)cc1[B-](F)(F)F. The van der Waals surface area contributed by atoms with Crippen LogP contribution in [0.4, 0.5) is 12.9 Å². The molecule has 0 atom stereocenters. The maximum atomic E-state index is 12.4. The monoisotopic (exact) mass is 202 g/mol. The quantitative estimate of drug-likeness (QED) is 0.718. The molecule has 0 spiro atoms. The molecule has 0 saturated carbocycles. The van der Waals surface area contributed by atoms with Gasteiger partial charge in [0.1, 0.15) is 0 Å². The van der Waals surface area contributed by atoms with Crippen LogP contribution in [0.1, 0.15) is 15.9 Å². The van der Waals surface area contributed by atoms with Gasteiger partial charge < -0.3 is 18.7 Å². The largest absolute Gasteiger partial charge is 0.509 e. The van der Waals surface area contributed by atoms with E-state index >= 15 is 0 Å². The minimum atomic E-state index is -5.09. The fourth-order valence-corrected chi connectivity index (χ4v) is 1.15. The summed E-state index contributed by atoms with van der Waals surface area (Å²) in [6.45, 7) is -3.74. The molecule has 1 aromatic rings. The van der Waals surface area contributed by atoms with E-state index in [-0.39, 0.29) is 11.1 Å². The summed E-state index contributed by atoms with van der Waals surface area (Å²) in [6.07, 6.45) is 0. The van der Waals surface area contributed by atoms with Crippen LogP contribution in [0, 0.1) is 6.92 Å². The third-order valence-electron chi connectivity index (χ3n) is 1.92. The average Bonchev–Trinajstić information content (AvgIpc) is 2.02. The Balaban J connectivity index is 3.29. The number of rotatable bonds is 2. The molecule has 1 rings (SSSR count). The predicted octanol–water partition coefficient (Wildman–Crippen LogP) is 1.15. The van der Waals surface area contributed by atoms with Crippen molar-refractivity contribution in [2.75, 3.05) is 0 Å². The minimum Gasteiger partial charge on any atom is -0.445 e. The van der Waals surface area contributed by atoms with E-state index in [1.165, 1.54) is 19.1 Å². The Labute approximate surface area is 79.0 Å². The van der Waals surface area contributed by atoms with Gasteiger partial charge in [-0.2, -0.15) is 0 Å². The molecule has 0 unspecified atom stereocenters. The first-order valence-electron chi connectivity index (χ1n) is 3.92. The van der Waals surface area contributed by atoms with Gasteiger partial charge in [-0.3, -0.25) is 4.79 Å². The highest BCUT2D eigenvalue weighted by Crippen LogP contribution is 2.13. The zero-order valence-electron chi connectivity index (χ0n) is 7.43. The molecule has 1 aromatic carbocycles. The van der Waals surface area contributed by atoms with Crippen LogP contribution in [-0.4, -0.2) is 12.9 Å². The van der Waals surface area contributed by atoms with Gasteiger partial charge in [0.25, 0.3) is 0 Å². The van der Waals surface area contributed by atoms with Crippen LogP contribution in [0.2, 0.25) is 0 Å². The number of carbonyl (C=O) groups excluding carboxylic acids is 1. The van der Waals surface area contributed by atoms with Gasteiger partial charge in [0, 0.05) is 5.56 Å². The lowest BCUT2D eigenvalue weighted by atomic mass is 9.76. The van der Waals surface area contributed by atoms with Gasteiger partial charge in [-0.1, -0.05) is 17.7 Å². The molecule has 0 fully saturated rings. The van der Waals surface area contributed by atoms with Gasteiger partial charge in [0.15, 0.2) is 0 Å². The maximum Gasteiger partial charge on any atom is 0.509 e. The molecule has 1 amide bonds. The van der Waals surface area contributed by atoms with Crippen molar-refractivity contribution in [3.05, 3.63) is 29.3 Å². The summed E-state index contributed by atoms with van der Waals surface area (Å²) in [5, 5.41) is 0. The molecule has 2 nitrogen and oxygen atoms in total. The number of amides is 1. The minimum absolute atomic E-state index is 0.0995. The summed E-state index contributed by atoms with van der Waals surface area (Å²) in [5.41, 5.74) is 4.09. The van der Waals surface area contributed by atoms with Gasteiger partial charge in [0.05, 0.1) is 0 Å². The Hall–Kier alpha value is -1.46. The second kappa shape index (κ2) is 3.36. The molecule has 2 N–H and O–H groups in total. The second-order valence-electron chi connectivity index (χ2n) is 3.01. The Morgan fingerprint density at radius 3 is 2.36 bits per heavy atom. The van der Waals surface area contributed by atoms with Gasteiger partial charge in [-0.25, -0.2) is 0 Å². The molecule has 6 heteroatoms. The number of carbonyl (C=O) groups is 1. The van der Waals surface area contributed by atoms with Crippen LogP contribution >= 0.6 is 0 Å². The summed E-state index contributed by atoms with van der Waals surface area (Å²) in [4.78, 5) is 10.7. The molecular formula is C8H8BF3NO-. The van der Waals surface area contributed by atoms with Crippen LogP contribution in [0.25, 0.3) is 0 Å². The van der Waals surface area contributed by atoms with E-state index in [2.05, 4.69) is 0 Å². The molecular weight excluding hydrogens is 194 g/mol. The molecule has 0 aromatic heterocycles. The van der Waals surface area contributed by atoms with E-state index in [4.69, 9.17) is 5.73 Å². The first-order chi connectivity index (χ1) is 6.32. The summed E-state index contributed by atoms with van der Waals surface area (Å²) < 4.78 is 37.2. The van der Waals surface area contributed by atoms with Crippen molar-refractivity contribution in [1.82, 2.24) is 0 Å². The van der Waals surface area contributed by atoms with E-state index in [9.17, 15) is 17.7 Å². The van der Waals surface area contributed by atoms with E-state index in [0.717, 1.165) is 6.07 Å². The van der Waals surface area contributed by atoms with Crippen LogP contribution in [0.3, 0.4) is 0 Å². The normalized spacial score (nSPS) is 11.4. The lowest BCUT2D eigenvalue weighted by Crippen LogP contribution is -2.37. The first-order valence-corrected chi connectivity index (χ1v) is 3.92. The molecule has 0 aliphatic rings. The van der Waals surface area contributed by atoms with Gasteiger partial charge in [-0.15, -0.1) is 5.46 Å². The van der Waals surface area contributed by atoms with Crippen molar-refractivity contribution in [2.24, 2.45) is 5.73 Å². The summed E-state index contributed by atoms with van der Waals surface area (Å²) >= 11 is 0. The zero-order chi connectivity index (χ0) is 10.9. The number of primary amides is 1. The third-order valence-corrected chi connectivity index (χ3v) is 1.92. The van der Waals surface area contributed by atoms with Gasteiger partial charge in [-0.05, 0) is 13.0 Å². The van der Waals surface area contributed by atoms with Crippen LogP contribution < -0.4 is 11.2 Å². The molecule has 76 valence electrons. The summed E-state index contributed by atoms with van der Waals surface area (Å²) in [7, 11) is 0.